The van der Waals surface area contributed by atoms with Crippen LogP contribution in [0.3, 0.4) is 0 Å². The summed E-state index contributed by atoms with van der Waals surface area (Å²) in [6.07, 6.45) is 0. The average molecular weight is 168 g/mol. The summed E-state index contributed by atoms with van der Waals surface area (Å²) in [7, 11) is 0. The zero-order valence-electron chi connectivity index (χ0n) is 7.40. The Morgan fingerprint density at radius 2 is 2.08 bits per heavy atom. The Morgan fingerprint density at radius 1 is 1.50 bits per heavy atom. The van der Waals surface area contributed by atoms with Crippen LogP contribution in [-0.2, 0) is 5.54 Å². The number of nitrogens with one attached hydrogen (secondary N) is 1. The molecule has 0 bridgehead atoms. The second-order valence-corrected chi connectivity index (χ2v) is 3.72. The zero-order valence-corrected chi connectivity index (χ0v) is 7.40. The summed E-state index contributed by atoms with van der Waals surface area (Å²) >= 11 is 0. The Balaban J connectivity index is 2.46. The fourth-order valence-corrected chi connectivity index (χ4v) is 1.86. The summed E-state index contributed by atoms with van der Waals surface area (Å²) in [4.78, 5) is 11.2. The molecule has 12 heavy (non-hydrogen) atoms. The SMILES string of the molecule is CC1C(C)C1(C)n1nn[nH]c1=O. The lowest BCUT2D eigenvalue weighted by atomic mass is 10.2. The number of tetrazole rings is 1. The van der Waals surface area contributed by atoms with Crippen molar-refractivity contribution in [3.8, 4) is 0 Å². The molecule has 5 nitrogen and oxygen atoms in total. The second-order valence-electron chi connectivity index (χ2n) is 3.72. The van der Waals surface area contributed by atoms with E-state index in [1.165, 1.54) is 4.68 Å². The number of hydrogen-bond acceptors (Lipinski definition) is 3. The van der Waals surface area contributed by atoms with Crippen LogP contribution in [0.25, 0.3) is 0 Å². The van der Waals surface area contributed by atoms with Gasteiger partial charge in [0.1, 0.15) is 0 Å². The first-order valence-electron chi connectivity index (χ1n) is 4.09. The van der Waals surface area contributed by atoms with Crippen molar-refractivity contribution in [3.05, 3.63) is 10.5 Å². The highest BCUT2D eigenvalue weighted by molar-refractivity contribution is 5.06. The van der Waals surface area contributed by atoms with Crippen LogP contribution in [0.1, 0.15) is 20.8 Å². The van der Waals surface area contributed by atoms with Crippen LogP contribution in [0.4, 0.5) is 0 Å². The van der Waals surface area contributed by atoms with Crippen molar-refractivity contribution in [2.75, 3.05) is 0 Å². The van der Waals surface area contributed by atoms with Crippen molar-refractivity contribution in [1.82, 2.24) is 20.2 Å². The topological polar surface area (TPSA) is 63.6 Å². The van der Waals surface area contributed by atoms with E-state index in [2.05, 4.69) is 29.4 Å². The quantitative estimate of drug-likeness (QED) is 0.640. The Hall–Kier alpha value is -1.13. The van der Waals surface area contributed by atoms with Gasteiger partial charge in [0, 0.05) is 0 Å². The van der Waals surface area contributed by atoms with Crippen LogP contribution < -0.4 is 5.69 Å². The van der Waals surface area contributed by atoms with Gasteiger partial charge >= 0.3 is 5.69 Å². The van der Waals surface area contributed by atoms with E-state index >= 15 is 0 Å². The molecule has 1 fully saturated rings. The maximum Gasteiger partial charge on any atom is 0.361 e. The van der Waals surface area contributed by atoms with Gasteiger partial charge in [0.05, 0.1) is 5.54 Å². The molecule has 1 saturated carbocycles. The van der Waals surface area contributed by atoms with E-state index < -0.39 is 0 Å². The van der Waals surface area contributed by atoms with E-state index in [1.807, 2.05) is 6.92 Å². The van der Waals surface area contributed by atoms with Crippen LogP contribution >= 0.6 is 0 Å². The molecule has 1 aromatic heterocycles. The summed E-state index contributed by atoms with van der Waals surface area (Å²) in [5.41, 5.74) is -0.335. The molecule has 66 valence electrons. The van der Waals surface area contributed by atoms with Crippen LogP contribution in [-0.4, -0.2) is 20.2 Å². The van der Waals surface area contributed by atoms with Gasteiger partial charge in [-0.2, -0.15) is 4.68 Å². The molecular weight excluding hydrogens is 156 g/mol. The van der Waals surface area contributed by atoms with Gasteiger partial charge in [-0.3, -0.25) is 0 Å². The molecule has 0 aromatic carbocycles. The van der Waals surface area contributed by atoms with Gasteiger partial charge in [0.25, 0.3) is 0 Å². The molecule has 1 aromatic rings. The fraction of sp³-hybridized carbons (Fsp3) is 0.857. The van der Waals surface area contributed by atoms with Gasteiger partial charge in [0.15, 0.2) is 0 Å². The highest BCUT2D eigenvalue weighted by Crippen LogP contribution is 2.54. The number of nitrogens with zero attached hydrogens (tertiary/aromatic N) is 3. The molecule has 1 aliphatic rings. The first-order valence-corrected chi connectivity index (χ1v) is 4.09. The van der Waals surface area contributed by atoms with Crippen molar-refractivity contribution in [2.24, 2.45) is 11.8 Å². The molecule has 0 amide bonds. The molecule has 5 heteroatoms. The maximum atomic E-state index is 11.2. The monoisotopic (exact) mass is 168 g/mol. The molecule has 2 rings (SSSR count). The van der Waals surface area contributed by atoms with Crippen LogP contribution in [0.2, 0.25) is 0 Å². The third-order valence-electron chi connectivity index (χ3n) is 3.41. The number of hydrogen-bond donors (Lipinski definition) is 1. The lowest BCUT2D eigenvalue weighted by Gasteiger charge is -2.07. The molecule has 2 atom stereocenters. The zero-order chi connectivity index (χ0) is 8.93. The standard InChI is InChI=1S/C7H12N4O/c1-4-5(2)7(4,3)11-6(12)8-9-10-11/h4-5H,1-3H3,(H,8,10,12). The first-order chi connectivity index (χ1) is 5.58. The van der Waals surface area contributed by atoms with E-state index in [4.69, 9.17) is 0 Å². The molecule has 0 saturated heterocycles. The van der Waals surface area contributed by atoms with Crippen molar-refractivity contribution in [2.45, 2.75) is 26.3 Å². The Kier molecular flexibility index (Phi) is 1.23. The minimum atomic E-state index is -0.214. The minimum Gasteiger partial charge on any atom is -0.244 e. The lowest BCUT2D eigenvalue weighted by molar-refractivity contribution is 0.396. The van der Waals surface area contributed by atoms with E-state index in [0.29, 0.717) is 11.8 Å². The summed E-state index contributed by atoms with van der Waals surface area (Å²) in [5.74, 6) is 1.00. The normalized spacial score (nSPS) is 39.9. The summed E-state index contributed by atoms with van der Waals surface area (Å²) in [6.45, 7) is 6.27. The lowest BCUT2D eigenvalue weighted by Crippen LogP contribution is -2.29. The Labute approximate surface area is 69.8 Å². The van der Waals surface area contributed by atoms with Crippen LogP contribution in [0.15, 0.2) is 4.79 Å². The van der Waals surface area contributed by atoms with E-state index in [0.717, 1.165) is 0 Å². The predicted molar refractivity (Wildman–Crippen MR) is 42.6 cm³/mol. The maximum absolute atomic E-state index is 11.2. The van der Waals surface area contributed by atoms with E-state index in [-0.39, 0.29) is 11.2 Å². The smallest absolute Gasteiger partial charge is 0.244 e. The summed E-state index contributed by atoms with van der Waals surface area (Å²) in [6, 6.07) is 0. The van der Waals surface area contributed by atoms with Gasteiger partial charge in [-0.15, -0.1) is 0 Å². The largest absolute Gasteiger partial charge is 0.361 e. The number of aromatic nitrogens is 4. The molecule has 0 spiro atoms. The average Bonchev–Trinajstić information content (AvgIpc) is 2.49. The highest BCUT2D eigenvalue weighted by atomic mass is 16.2. The second kappa shape index (κ2) is 1.97. The van der Waals surface area contributed by atoms with Gasteiger partial charge in [-0.05, 0) is 29.2 Å². The van der Waals surface area contributed by atoms with Crippen molar-refractivity contribution in [1.29, 1.82) is 0 Å². The van der Waals surface area contributed by atoms with Gasteiger partial charge in [0.2, 0.25) is 0 Å². The summed E-state index contributed by atoms with van der Waals surface area (Å²) in [5, 5.41) is 9.52. The molecule has 1 aliphatic carbocycles. The Bertz CT molecular complexity index is 344. The molecule has 0 radical (unpaired) electrons. The van der Waals surface area contributed by atoms with Crippen molar-refractivity contribution >= 4 is 0 Å². The van der Waals surface area contributed by atoms with E-state index in [9.17, 15) is 4.79 Å². The predicted octanol–water partition coefficient (Wildman–Crippen LogP) is -0.0326. The number of rotatable bonds is 1. The highest BCUT2D eigenvalue weighted by Gasteiger charge is 2.58. The van der Waals surface area contributed by atoms with Crippen molar-refractivity contribution < 1.29 is 0 Å². The molecule has 1 heterocycles. The first kappa shape index (κ1) is 7.52. The molecular formula is C7H12N4O. The fourth-order valence-electron chi connectivity index (χ4n) is 1.86. The number of aromatic amines is 1. The van der Waals surface area contributed by atoms with Gasteiger partial charge in [-0.1, -0.05) is 13.8 Å². The third-order valence-corrected chi connectivity index (χ3v) is 3.41. The van der Waals surface area contributed by atoms with Crippen LogP contribution in [0, 0.1) is 11.8 Å². The van der Waals surface area contributed by atoms with Crippen LogP contribution in [0.5, 0.6) is 0 Å². The van der Waals surface area contributed by atoms with Gasteiger partial charge in [-0.25, -0.2) is 9.89 Å². The third kappa shape index (κ3) is 0.659. The van der Waals surface area contributed by atoms with Crippen molar-refractivity contribution in [3.63, 3.8) is 0 Å². The summed E-state index contributed by atoms with van der Waals surface area (Å²) < 4.78 is 1.45. The van der Waals surface area contributed by atoms with E-state index in [1.54, 1.807) is 0 Å². The minimum absolute atomic E-state index is 0.121. The molecule has 2 unspecified atom stereocenters. The Morgan fingerprint density at radius 3 is 2.42 bits per heavy atom. The number of H-pyrrole nitrogens is 1. The molecule has 0 aliphatic heterocycles. The van der Waals surface area contributed by atoms with Gasteiger partial charge < -0.3 is 0 Å². The molecule has 1 N–H and O–H groups in total.